The lowest BCUT2D eigenvalue weighted by Crippen LogP contribution is -2.37. The van der Waals surface area contributed by atoms with Crippen LogP contribution in [-0.4, -0.2) is 37.2 Å². The minimum Gasteiger partial charge on any atom is -0.493 e. The number of carbonyl (C=O) groups is 2. The number of carbonyl (C=O) groups excluding carboxylic acids is 1. The zero-order valence-electron chi connectivity index (χ0n) is 19.5. The van der Waals surface area contributed by atoms with Crippen LogP contribution in [0, 0.1) is 11.8 Å². The normalized spacial score (nSPS) is 19.3. The molecule has 1 N–H and O–H groups in total. The highest BCUT2D eigenvalue weighted by atomic mass is 16.5. The van der Waals surface area contributed by atoms with E-state index in [0.29, 0.717) is 31.1 Å². The number of aliphatic carboxylic acids is 1. The van der Waals surface area contributed by atoms with Gasteiger partial charge in [-0.15, -0.1) is 0 Å². The van der Waals surface area contributed by atoms with Gasteiger partial charge in [-0.05, 0) is 66.6 Å². The lowest BCUT2D eigenvalue weighted by atomic mass is 9.83. The van der Waals surface area contributed by atoms with Crippen molar-refractivity contribution in [3.05, 3.63) is 59.2 Å². The fraction of sp³-hybridized carbons (Fsp3) is 0.481. The molecular formula is C27H34O6. The first-order valence-corrected chi connectivity index (χ1v) is 11.7. The molecule has 0 aromatic heterocycles. The molecule has 0 aliphatic heterocycles. The Balaban J connectivity index is 0.000000942. The molecule has 2 aromatic carbocycles. The Bertz CT molecular complexity index is 914. The van der Waals surface area contributed by atoms with Gasteiger partial charge in [0.25, 0.3) is 0 Å². The van der Waals surface area contributed by atoms with Gasteiger partial charge in [0.05, 0.1) is 25.2 Å². The number of carboxylic acids is 1. The number of ether oxygens (including phenoxy) is 3. The highest BCUT2D eigenvalue weighted by molar-refractivity contribution is 5.77. The fourth-order valence-electron chi connectivity index (χ4n) is 3.57. The molecule has 33 heavy (non-hydrogen) atoms. The van der Waals surface area contributed by atoms with Crippen molar-refractivity contribution in [2.24, 2.45) is 11.8 Å². The maximum Gasteiger partial charge on any atom is 0.306 e. The van der Waals surface area contributed by atoms with E-state index in [0.717, 1.165) is 41.8 Å². The summed E-state index contributed by atoms with van der Waals surface area (Å²) < 4.78 is 17.1. The average molecular weight is 455 g/mol. The second-order valence-corrected chi connectivity index (χ2v) is 8.95. The molecule has 6 nitrogen and oxygen atoms in total. The molecule has 2 saturated carbocycles. The van der Waals surface area contributed by atoms with Crippen molar-refractivity contribution in [1.29, 1.82) is 0 Å². The van der Waals surface area contributed by atoms with Crippen LogP contribution in [0.2, 0.25) is 0 Å². The molecular weight excluding hydrogens is 420 g/mol. The van der Waals surface area contributed by atoms with Gasteiger partial charge in [-0.25, -0.2) is 0 Å². The summed E-state index contributed by atoms with van der Waals surface area (Å²) in [7, 11) is 1.60. The third-order valence-corrected chi connectivity index (χ3v) is 5.74. The summed E-state index contributed by atoms with van der Waals surface area (Å²) in [5, 5.41) is 9.06. The molecule has 6 heteroatoms. The van der Waals surface area contributed by atoms with E-state index in [-0.39, 0.29) is 6.10 Å². The molecule has 2 aliphatic rings. The third kappa shape index (κ3) is 8.21. The van der Waals surface area contributed by atoms with Gasteiger partial charge in [-0.2, -0.15) is 0 Å². The summed E-state index contributed by atoms with van der Waals surface area (Å²) in [6.45, 7) is 2.68. The Morgan fingerprint density at radius 1 is 1.12 bits per heavy atom. The standard InChI is InChI=1S/C24H28O6.C3H6/c1-16(24(26)27)8-17-4-3-5-21(9-17)29-14-18-10-23(11-18)30-22-7-6-19(13-25)20(12-22)15-28-2;1-2-3-1/h3-7,9,12-13,16,18,23H,8,10-11,14-15H2,1-2H3,(H,26,27);1-3H2. The van der Waals surface area contributed by atoms with Gasteiger partial charge in [-0.3, -0.25) is 9.59 Å². The van der Waals surface area contributed by atoms with E-state index in [1.54, 1.807) is 20.1 Å². The van der Waals surface area contributed by atoms with Crippen LogP contribution < -0.4 is 9.47 Å². The number of carboxylic acid groups (broad SMARTS) is 1. The topological polar surface area (TPSA) is 82.1 Å². The summed E-state index contributed by atoms with van der Waals surface area (Å²) in [5.41, 5.74) is 2.40. The van der Waals surface area contributed by atoms with E-state index >= 15 is 0 Å². The van der Waals surface area contributed by atoms with E-state index in [1.165, 1.54) is 19.3 Å². The number of rotatable bonds is 11. The Labute approximate surface area is 195 Å². The molecule has 0 heterocycles. The van der Waals surface area contributed by atoms with Gasteiger partial charge in [-0.1, -0.05) is 38.3 Å². The molecule has 1 unspecified atom stereocenters. The molecule has 1 atom stereocenters. The predicted octanol–water partition coefficient (Wildman–Crippen LogP) is 5.32. The first-order valence-electron chi connectivity index (χ1n) is 11.7. The SMILES string of the molecule is C1CC1.COCc1cc(OC2CC(COc3cccc(CC(C)C(=O)O)c3)C2)ccc1C=O. The van der Waals surface area contributed by atoms with E-state index in [2.05, 4.69) is 0 Å². The quantitative estimate of drug-likeness (QED) is 0.463. The first kappa shape index (κ1) is 24.8. The third-order valence-electron chi connectivity index (χ3n) is 5.74. The van der Waals surface area contributed by atoms with Crippen LogP contribution in [0.5, 0.6) is 11.5 Å². The predicted molar refractivity (Wildman–Crippen MR) is 126 cm³/mol. The summed E-state index contributed by atoms with van der Waals surface area (Å²) in [5.74, 6) is 0.719. The van der Waals surface area contributed by atoms with Crippen LogP contribution in [0.3, 0.4) is 0 Å². The number of hydrogen-bond donors (Lipinski definition) is 1. The van der Waals surface area contributed by atoms with Crippen molar-refractivity contribution < 1.29 is 28.9 Å². The lowest BCUT2D eigenvalue weighted by Gasteiger charge is -2.35. The largest absolute Gasteiger partial charge is 0.493 e. The monoisotopic (exact) mass is 454 g/mol. The van der Waals surface area contributed by atoms with Gasteiger partial charge < -0.3 is 19.3 Å². The molecule has 0 radical (unpaired) electrons. The molecule has 4 rings (SSSR count). The van der Waals surface area contributed by atoms with Gasteiger partial charge in [0.15, 0.2) is 0 Å². The highest BCUT2D eigenvalue weighted by Gasteiger charge is 2.31. The van der Waals surface area contributed by atoms with Crippen molar-refractivity contribution in [1.82, 2.24) is 0 Å². The fourth-order valence-corrected chi connectivity index (χ4v) is 3.57. The minimum atomic E-state index is -0.794. The van der Waals surface area contributed by atoms with E-state index in [4.69, 9.17) is 19.3 Å². The number of aldehydes is 1. The van der Waals surface area contributed by atoms with Crippen molar-refractivity contribution >= 4 is 12.3 Å². The molecule has 178 valence electrons. The van der Waals surface area contributed by atoms with Crippen LogP contribution in [0.15, 0.2) is 42.5 Å². The highest BCUT2D eigenvalue weighted by Crippen LogP contribution is 2.33. The summed E-state index contributed by atoms with van der Waals surface area (Å²) in [4.78, 5) is 22.1. The maximum atomic E-state index is 11.1. The van der Waals surface area contributed by atoms with Crippen LogP contribution in [-0.2, 0) is 22.6 Å². The summed E-state index contributed by atoms with van der Waals surface area (Å²) in [6, 6.07) is 13.1. The van der Waals surface area contributed by atoms with Crippen LogP contribution in [0.25, 0.3) is 0 Å². The summed E-state index contributed by atoms with van der Waals surface area (Å²) >= 11 is 0. The first-order chi connectivity index (χ1) is 16.0. The average Bonchev–Trinajstić information content (AvgIpc) is 3.65. The smallest absolute Gasteiger partial charge is 0.306 e. The van der Waals surface area contributed by atoms with Crippen LogP contribution >= 0.6 is 0 Å². The van der Waals surface area contributed by atoms with Gasteiger partial charge in [0.2, 0.25) is 0 Å². The lowest BCUT2D eigenvalue weighted by molar-refractivity contribution is -0.141. The molecule has 2 fully saturated rings. The Morgan fingerprint density at radius 2 is 1.88 bits per heavy atom. The molecule has 0 amide bonds. The van der Waals surface area contributed by atoms with Gasteiger partial charge in [0.1, 0.15) is 17.8 Å². The van der Waals surface area contributed by atoms with Crippen molar-refractivity contribution in [2.75, 3.05) is 13.7 Å². The van der Waals surface area contributed by atoms with E-state index in [9.17, 15) is 9.59 Å². The minimum absolute atomic E-state index is 0.138. The van der Waals surface area contributed by atoms with E-state index < -0.39 is 11.9 Å². The van der Waals surface area contributed by atoms with Gasteiger partial charge in [0, 0.05) is 12.7 Å². The zero-order valence-corrected chi connectivity index (χ0v) is 19.5. The molecule has 0 bridgehead atoms. The van der Waals surface area contributed by atoms with Crippen molar-refractivity contribution in [2.45, 2.75) is 58.2 Å². The number of benzene rings is 2. The second-order valence-electron chi connectivity index (χ2n) is 8.95. The Morgan fingerprint density at radius 3 is 2.52 bits per heavy atom. The van der Waals surface area contributed by atoms with Crippen molar-refractivity contribution in [3.8, 4) is 11.5 Å². The summed E-state index contributed by atoms with van der Waals surface area (Å²) in [6.07, 6.45) is 7.76. The van der Waals surface area contributed by atoms with Crippen LogP contribution in [0.1, 0.15) is 60.5 Å². The van der Waals surface area contributed by atoms with Crippen LogP contribution in [0.4, 0.5) is 0 Å². The zero-order chi connectivity index (χ0) is 23.6. The van der Waals surface area contributed by atoms with Crippen molar-refractivity contribution in [3.63, 3.8) is 0 Å². The molecule has 2 aliphatic carbocycles. The van der Waals surface area contributed by atoms with Gasteiger partial charge >= 0.3 is 5.97 Å². The van der Waals surface area contributed by atoms with E-state index in [1.807, 2.05) is 36.4 Å². The second kappa shape index (κ2) is 12.4. The molecule has 0 spiro atoms. The molecule has 2 aromatic rings. The Kier molecular flexibility index (Phi) is 9.31. The number of methoxy groups -OCH3 is 1. The molecule has 0 saturated heterocycles. The maximum absolute atomic E-state index is 11.1. The Hall–Kier alpha value is -2.86. The number of hydrogen-bond acceptors (Lipinski definition) is 5.